The van der Waals surface area contributed by atoms with Gasteiger partial charge in [0.05, 0.1) is 13.2 Å². The van der Waals surface area contributed by atoms with Crippen molar-refractivity contribution in [1.29, 1.82) is 0 Å². The van der Waals surface area contributed by atoms with E-state index in [-0.39, 0.29) is 29.4 Å². The van der Waals surface area contributed by atoms with Gasteiger partial charge in [-0.25, -0.2) is 0 Å². The predicted molar refractivity (Wildman–Crippen MR) is 137 cm³/mol. The van der Waals surface area contributed by atoms with Crippen LogP contribution in [0.1, 0.15) is 50.5 Å². The third-order valence-corrected chi connectivity index (χ3v) is 6.62. The van der Waals surface area contributed by atoms with Crippen LogP contribution in [0.15, 0.2) is 29.3 Å². The molecule has 0 unspecified atom stereocenters. The molecule has 176 valence electrons. The molecule has 1 saturated heterocycles. The van der Waals surface area contributed by atoms with Crippen LogP contribution in [0.3, 0.4) is 0 Å². The standard InChI is InChI=1S/C24H39N3O3.HI/c1-25-23(27-15-11-20(12-16-27)30-18-8-17-28-2)26-19-24(13-6-7-14-24)21-9-4-5-10-22(21)29-3;/h4-5,9-10,20H,6-8,11-19H2,1-3H3,(H,25,26);1H. The summed E-state index contributed by atoms with van der Waals surface area (Å²) in [5, 5.41) is 3.71. The van der Waals surface area contributed by atoms with E-state index in [4.69, 9.17) is 14.2 Å². The van der Waals surface area contributed by atoms with Crippen LogP contribution in [0.2, 0.25) is 0 Å². The molecule has 31 heavy (non-hydrogen) atoms. The maximum atomic E-state index is 6.01. The summed E-state index contributed by atoms with van der Waals surface area (Å²) >= 11 is 0. The lowest BCUT2D eigenvalue weighted by Crippen LogP contribution is -2.50. The van der Waals surface area contributed by atoms with Crippen molar-refractivity contribution in [2.75, 3.05) is 54.1 Å². The summed E-state index contributed by atoms with van der Waals surface area (Å²) in [5.74, 6) is 2.01. The molecular weight excluding hydrogens is 505 g/mol. The summed E-state index contributed by atoms with van der Waals surface area (Å²) in [5.41, 5.74) is 1.45. The third kappa shape index (κ3) is 6.96. The second-order valence-corrected chi connectivity index (χ2v) is 8.49. The van der Waals surface area contributed by atoms with Crippen LogP contribution in [0.5, 0.6) is 5.75 Å². The number of halogens is 1. The second kappa shape index (κ2) is 13.5. The molecule has 0 bridgehead atoms. The fourth-order valence-corrected chi connectivity index (χ4v) is 4.94. The first-order valence-corrected chi connectivity index (χ1v) is 11.4. The number of aliphatic imine (C=N–C) groups is 1. The fraction of sp³-hybridized carbons (Fsp3) is 0.708. The molecule has 0 radical (unpaired) electrons. The molecule has 7 heteroatoms. The predicted octanol–water partition coefficient (Wildman–Crippen LogP) is 4.22. The molecule has 2 aliphatic rings. The van der Waals surface area contributed by atoms with Crippen LogP contribution in [0.4, 0.5) is 0 Å². The number of piperidine rings is 1. The van der Waals surface area contributed by atoms with Crippen LogP contribution >= 0.6 is 24.0 Å². The average Bonchev–Trinajstić information content (AvgIpc) is 3.28. The van der Waals surface area contributed by atoms with Crippen molar-refractivity contribution in [3.05, 3.63) is 29.8 Å². The summed E-state index contributed by atoms with van der Waals surface area (Å²) in [4.78, 5) is 6.97. The van der Waals surface area contributed by atoms with Crippen LogP contribution in [0, 0.1) is 0 Å². The Kier molecular flexibility index (Phi) is 11.4. The van der Waals surface area contributed by atoms with Crippen LogP contribution in [-0.2, 0) is 14.9 Å². The lowest BCUT2D eigenvalue weighted by atomic mass is 9.78. The number of guanidine groups is 1. The number of rotatable bonds is 9. The number of hydrogen-bond donors (Lipinski definition) is 1. The highest BCUT2D eigenvalue weighted by atomic mass is 127. The highest BCUT2D eigenvalue weighted by Crippen LogP contribution is 2.44. The van der Waals surface area contributed by atoms with Gasteiger partial charge in [-0.3, -0.25) is 4.99 Å². The number of hydrogen-bond acceptors (Lipinski definition) is 4. The Morgan fingerprint density at radius 3 is 2.48 bits per heavy atom. The number of ether oxygens (including phenoxy) is 3. The largest absolute Gasteiger partial charge is 0.496 e. The Bertz CT molecular complexity index is 672. The molecular formula is C24H40IN3O3. The first-order valence-electron chi connectivity index (χ1n) is 11.4. The van der Waals surface area contributed by atoms with E-state index in [1.165, 1.54) is 31.2 Å². The van der Waals surface area contributed by atoms with E-state index >= 15 is 0 Å². The topological polar surface area (TPSA) is 55.3 Å². The van der Waals surface area contributed by atoms with Crippen molar-refractivity contribution in [2.45, 2.75) is 56.5 Å². The zero-order valence-corrected chi connectivity index (χ0v) is 21.7. The van der Waals surface area contributed by atoms with Crippen molar-refractivity contribution in [2.24, 2.45) is 4.99 Å². The first-order chi connectivity index (χ1) is 14.7. The molecule has 1 saturated carbocycles. The molecule has 1 aliphatic carbocycles. The molecule has 1 aromatic carbocycles. The van der Waals surface area contributed by atoms with Gasteiger partial charge in [0, 0.05) is 58.0 Å². The van der Waals surface area contributed by atoms with E-state index in [0.717, 1.165) is 63.8 Å². The lowest BCUT2D eigenvalue weighted by molar-refractivity contribution is 0.00986. The smallest absolute Gasteiger partial charge is 0.193 e. The van der Waals surface area contributed by atoms with Gasteiger partial charge >= 0.3 is 0 Å². The van der Waals surface area contributed by atoms with Crippen LogP contribution in [0.25, 0.3) is 0 Å². The molecule has 1 aliphatic heterocycles. The molecule has 1 heterocycles. The van der Waals surface area contributed by atoms with Gasteiger partial charge in [0.25, 0.3) is 0 Å². The van der Waals surface area contributed by atoms with Crippen molar-refractivity contribution >= 4 is 29.9 Å². The van der Waals surface area contributed by atoms with Gasteiger partial charge in [-0.05, 0) is 38.2 Å². The monoisotopic (exact) mass is 545 g/mol. The summed E-state index contributed by atoms with van der Waals surface area (Å²) in [6.45, 7) is 4.41. The summed E-state index contributed by atoms with van der Waals surface area (Å²) in [6.07, 6.45) is 8.32. The third-order valence-electron chi connectivity index (χ3n) is 6.62. The molecule has 0 aromatic heterocycles. The summed E-state index contributed by atoms with van der Waals surface area (Å²) < 4.78 is 16.8. The molecule has 2 fully saturated rings. The summed E-state index contributed by atoms with van der Waals surface area (Å²) in [7, 11) is 5.40. The molecule has 0 spiro atoms. The second-order valence-electron chi connectivity index (χ2n) is 8.49. The van der Waals surface area contributed by atoms with Gasteiger partial charge in [0.2, 0.25) is 0 Å². The minimum absolute atomic E-state index is 0. The van der Waals surface area contributed by atoms with Crippen LogP contribution in [-0.4, -0.2) is 71.1 Å². The van der Waals surface area contributed by atoms with E-state index in [2.05, 4.69) is 39.5 Å². The van der Waals surface area contributed by atoms with Gasteiger partial charge < -0.3 is 24.4 Å². The van der Waals surface area contributed by atoms with E-state index in [1.807, 2.05) is 7.05 Å². The fourth-order valence-electron chi connectivity index (χ4n) is 4.94. The van der Waals surface area contributed by atoms with Gasteiger partial charge in [0.15, 0.2) is 5.96 Å². The van der Waals surface area contributed by atoms with Gasteiger partial charge in [-0.15, -0.1) is 24.0 Å². The van der Waals surface area contributed by atoms with Gasteiger partial charge in [-0.2, -0.15) is 0 Å². The summed E-state index contributed by atoms with van der Waals surface area (Å²) in [6, 6.07) is 8.51. The molecule has 6 nitrogen and oxygen atoms in total. The SMILES string of the molecule is CN=C(NCC1(c2ccccc2OC)CCCC1)N1CCC(OCCCOC)CC1.I. The molecule has 1 N–H and O–H groups in total. The van der Waals surface area contributed by atoms with Crippen molar-refractivity contribution in [3.8, 4) is 5.75 Å². The minimum Gasteiger partial charge on any atom is -0.496 e. The zero-order chi connectivity index (χ0) is 21.2. The Morgan fingerprint density at radius 1 is 1.13 bits per heavy atom. The van der Waals surface area contributed by atoms with Crippen LogP contribution < -0.4 is 10.1 Å². The number of likely N-dealkylation sites (tertiary alicyclic amines) is 1. The van der Waals surface area contributed by atoms with E-state index < -0.39 is 0 Å². The molecule has 1 aromatic rings. The number of para-hydroxylation sites is 1. The van der Waals surface area contributed by atoms with E-state index in [1.54, 1.807) is 14.2 Å². The molecule has 0 atom stereocenters. The number of benzene rings is 1. The number of nitrogens with zero attached hydrogens (tertiary/aromatic N) is 2. The zero-order valence-electron chi connectivity index (χ0n) is 19.4. The Labute approximate surface area is 205 Å². The minimum atomic E-state index is 0. The van der Waals surface area contributed by atoms with E-state index in [9.17, 15) is 0 Å². The number of nitrogens with one attached hydrogen (secondary N) is 1. The van der Waals surface area contributed by atoms with Crippen molar-refractivity contribution in [3.63, 3.8) is 0 Å². The lowest BCUT2D eigenvalue weighted by Gasteiger charge is -2.37. The molecule has 3 rings (SSSR count). The Morgan fingerprint density at radius 2 is 1.84 bits per heavy atom. The maximum absolute atomic E-state index is 6.01. The highest BCUT2D eigenvalue weighted by Gasteiger charge is 2.38. The number of methoxy groups -OCH3 is 2. The first kappa shape index (κ1) is 26.2. The normalized spacial score (nSPS) is 19.2. The van der Waals surface area contributed by atoms with Crippen molar-refractivity contribution < 1.29 is 14.2 Å². The highest BCUT2D eigenvalue weighted by molar-refractivity contribution is 14.0. The quantitative estimate of drug-likeness (QED) is 0.218. The maximum Gasteiger partial charge on any atom is 0.193 e. The Hall–Kier alpha value is -1.06. The van der Waals surface area contributed by atoms with E-state index in [0.29, 0.717) is 6.10 Å². The van der Waals surface area contributed by atoms with Gasteiger partial charge in [-0.1, -0.05) is 31.0 Å². The average molecular weight is 546 g/mol. The van der Waals surface area contributed by atoms with Gasteiger partial charge in [0.1, 0.15) is 5.75 Å². The Balaban J connectivity index is 0.00000341. The molecule has 0 amide bonds. The van der Waals surface area contributed by atoms with Crippen molar-refractivity contribution in [1.82, 2.24) is 10.2 Å².